The molecule has 2 aromatic rings. The van der Waals surface area contributed by atoms with Crippen molar-refractivity contribution in [1.82, 2.24) is 0 Å². The minimum absolute atomic E-state index is 0.320. The Bertz CT molecular complexity index is 572. The van der Waals surface area contributed by atoms with Crippen molar-refractivity contribution in [1.29, 1.82) is 0 Å². The minimum atomic E-state index is -0.320. The fourth-order valence-corrected chi connectivity index (χ4v) is 2.14. The second-order valence-electron chi connectivity index (χ2n) is 3.93. The third kappa shape index (κ3) is 2.71. The Morgan fingerprint density at radius 1 is 1.22 bits per heavy atom. The Hall–Kier alpha value is -1.39. The molecule has 18 heavy (non-hydrogen) atoms. The summed E-state index contributed by atoms with van der Waals surface area (Å²) < 4.78 is 19.8. The number of aryl methyl sites for hydroxylation is 1. The molecule has 0 aliphatic heterocycles. The molecule has 0 radical (unpaired) electrons. The van der Waals surface area contributed by atoms with Gasteiger partial charge in [-0.25, -0.2) is 4.39 Å². The predicted molar refractivity (Wildman–Crippen MR) is 73.2 cm³/mol. The lowest BCUT2D eigenvalue weighted by molar-refractivity contribution is 0.466. The summed E-state index contributed by atoms with van der Waals surface area (Å²) in [6.07, 6.45) is 0. The first-order valence-corrected chi connectivity index (χ1v) is 6.32. The normalized spacial score (nSPS) is 10.4. The van der Waals surface area contributed by atoms with Gasteiger partial charge in [0, 0.05) is 22.6 Å². The molecule has 2 aromatic carbocycles. The molecule has 0 heterocycles. The van der Waals surface area contributed by atoms with Crippen LogP contribution in [0.2, 0.25) is 0 Å². The van der Waals surface area contributed by atoms with Gasteiger partial charge in [0.15, 0.2) is 0 Å². The molecule has 2 rings (SSSR count). The molecule has 0 unspecified atom stereocenters. The standard InChI is InChI=1S/C14H13BrFNO/c1-9-5-6-10(16)7-14(9)18-13-4-2-3-12(15)11(13)8-17/h2-7H,8,17H2,1H3. The van der Waals surface area contributed by atoms with Crippen LogP contribution < -0.4 is 10.5 Å². The third-order valence-corrected chi connectivity index (χ3v) is 3.39. The lowest BCUT2D eigenvalue weighted by Crippen LogP contribution is -2.01. The van der Waals surface area contributed by atoms with Crippen LogP contribution in [0.5, 0.6) is 11.5 Å². The van der Waals surface area contributed by atoms with Crippen molar-refractivity contribution in [2.45, 2.75) is 13.5 Å². The van der Waals surface area contributed by atoms with Gasteiger partial charge in [0.1, 0.15) is 17.3 Å². The Kier molecular flexibility index (Phi) is 3.99. The molecule has 0 aromatic heterocycles. The zero-order valence-corrected chi connectivity index (χ0v) is 11.5. The molecule has 0 spiro atoms. The highest BCUT2D eigenvalue weighted by Crippen LogP contribution is 2.32. The van der Waals surface area contributed by atoms with Crippen LogP contribution in [0.3, 0.4) is 0 Å². The van der Waals surface area contributed by atoms with Crippen LogP contribution in [0.15, 0.2) is 40.9 Å². The molecule has 0 aliphatic rings. The van der Waals surface area contributed by atoms with Crippen molar-refractivity contribution >= 4 is 15.9 Å². The van der Waals surface area contributed by atoms with Gasteiger partial charge in [-0.05, 0) is 30.7 Å². The largest absolute Gasteiger partial charge is 0.457 e. The Labute approximate surface area is 114 Å². The van der Waals surface area contributed by atoms with Crippen LogP contribution in [0, 0.1) is 12.7 Å². The first kappa shape index (κ1) is 13.1. The van der Waals surface area contributed by atoms with E-state index in [2.05, 4.69) is 15.9 Å². The molecule has 2 N–H and O–H groups in total. The molecule has 2 nitrogen and oxygen atoms in total. The number of hydrogen-bond donors (Lipinski definition) is 1. The summed E-state index contributed by atoms with van der Waals surface area (Å²) in [4.78, 5) is 0. The SMILES string of the molecule is Cc1ccc(F)cc1Oc1cccc(Br)c1CN. The van der Waals surface area contributed by atoms with E-state index in [-0.39, 0.29) is 5.82 Å². The number of nitrogens with two attached hydrogens (primary N) is 1. The summed E-state index contributed by atoms with van der Waals surface area (Å²) in [7, 11) is 0. The van der Waals surface area contributed by atoms with Gasteiger partial charge in [-0.2, -0.15) is 0 Å². The summed E-state index contributed by atoms with van der Waals surface area (Å²) in [5, 5.41) is 0. The summed E-state index contributed by atoms with van der Waals surface area (Å²) in [5.41, 5.74) is 7.43. The summed E-state index contributed by atoms with van der Waals surface area (Å²) in [5.74, 6) is 0.822. The van der Waals surface area contributed by atoms with Gasteiger partial charge in [0.05, 0.1) is 0 Å². The predicted octanol–water partition coefficient (Wildman–Crippen LogP) is 4.15. The number of halogens is 2. The molecule has 0 fully saturated rings. The van der Waals surface area contributed by atoms with Crippen LogP contribution >= 0.6 is 15.9 Å². The van der Waals surface area contributed by atoms with E-state index in [0.29, 0.717) is 18.0 Å². The van der Waals surface area contributed by atoms with E-state index in [1.54, 1.807) is 6.07 Å². The van der Waals surface area contributed by atoms with Crippen LogP contribution in [-0.2, 0) is 6.54 Å². The molecule has 0 aliphatic carbocycles. The molecule has 0 saturated heterocycles. The average Bonchev–Trinajstić information content (AvgIpc) is 2.34. The zero-order chi connectivity index (χ0) is 13.1. The molecule has 0 atom stereocenters. The van der Waals surface area contributed by atoms with Crippen molar-refractivity contribution in [3.05, 3.63) is 57.8 Å². The van der Waals surface area contributed by atoms with Gasteiger partial charge in [-0.1, -0.05) is 28.1 Å². The molecule has 0 bridgehead atoms. The summed E-state index contributed by atoms with van der Waals surface area (Å²) in [6.45, 7) is 2.22. The smallest absolute Gasteiger partial charge is 0.133 e. The van der Waals surface area contributed by atoms with Crippen molar-refractivity contribution in [3.63, 3.8) is 0 Å². The minimum Gasteiger partial charge on any atom is -0.457 e. The number of hydrogen-bond acceptors (Lipinski definition) is 2. The van der Waals surface area contributed by atoms with Crippen LogP contribution in [0.4, 0.5) is 4.39 Å². The molecular formula is C14H13BrFNO. The van der Waals surface area contributed by atoms with E-state index in [4.69, 9.17) is 10.5 Å². The highest BCUT2D eigenvalue weighted by Gasteiger charge is 2.09. The fraction of sp³-hybridized carbons (Fsp3) is 0.143. The van der Waals surface area contributed by atoms with Gasteiger partial charge < -0.3 is 10.5 Å². The molecular weight excluding hydrogens is 297 g/mol. The maximum absolute atomic E-state index is 13.2. The van der Waals surface area contributed by atoms with Crippen molar-refractivity contribution < 1.29 is 9.13 Å². The second-order valence-corrected chi connectivity index (χ2v) is 4.79. The first-order valence-electron chi connectivity index (χ1n) is 5.53. The van der Waals surface area contributed by atoms with Gasteiger partial charge in [0.2, 0.25) is 0 Å². The van der Waals surface area contributed by atoms with Crippen molar-refractivity contribution in [2.24, 2.45) is 5.73 Å². The summed E-state index contributed by atoms with van der Waals surface area (Å²) >= 11 is 3.42. The monoisotopic (exact) mass is 309 g/mol. The van der Waals surface area contributed by atoms with Crippen LogP contribution in [0.1, 0.15) is 11.1 Å². The molecule has 0 amide bonds. The van der Waals surface area contributed by atoms with Crippen LogP contribution in [0.25, 0.3) is 0 Å². The van der Waals surface area contributed by atoms with Gasteiger partial charge >= 0.3 is 0 Å². The maximum atomic E-state index is 13.2. The number of ether oxygens (including phenoxy) is 1. The maximum Gasteiger partial charge on any atom is 0.133 e. The average molecular weight is 310 g/mol. The van der Waals surface area contributed by atoms with Gasteiger partial charge in [0.25, 0.3) is 0 Å². The highest BCUT2D eigenvalue weighted by atomic mass is 79.9. The first-order chi connectivity index (χ1) is 8.61. The van der Waals surface area contributed by atoms with E-state index in [0.717, 1.165) is 15.6 Å². The Balaban J connectivity index is 2.40. The third-order valence-electron chi connectivity index (χ3n) is 2.65. The van der Waals surface area contributed by atoms with E-state index in [1.807, 2.05) is 25.1 Å². The summed E-state index contributed by atoms with van der Waals surface area (Å²) in [6, 6.07) is 10.0. The van der Waals surface area contributed by atoms with Gasteiger partial charge in [-0.3, -0.25) is 0 Å². The highest BCUT2D eigenvalue weighted by molar-refractivity contribution is 9.10. The van der Waals surface area contributed by atoms with Crippen molar-refractivity contribution in [2.75, 3.05) is 0 Å². The van der Waals surface area contributed by atoms with Crippen LogP contribution in [-0.4, -0.2) is 0 Å². The van der Waals surface area contributed by atoms with E-state index in [9.17, 15) is 4.39 Å². The fourth-order valence-electron chi connectivity index (χ4n) is 1.63. The van der Waals surface area contributed by atoms with Crippen molar-refractivity contribution in [3.8, 4) is 11.5 Å². The van der Waals surface area contributed by atoms with E-state index < -0.39 is 0 Å². The second kappa shape index (κ2) is 5.50. The quantitative estimate of drug-likeness (QED) is 0.924. The Morgan fingerprint density at radius 3 is 2.72 bits per heavy atom. The molecule has 0 saturated carbocycles. The Morgan fingerprint density at radius 2 is 2.00 bits per heavy atom. The lowest BCUT2D eigenvalue weighted by Gasteiger charge is -2.13. The van der Waals surface area contributed by atoms with E-state index >= 15 is 0 Å². The molecule has 4 heteroatoms. The van der Waals surface area contributed by atoms with E-state index in [1.165, 1.54) is 12.1 Å². The lowest BCUT2D eigenvalue weighted by atomic mass is 10.2. The number of rotatable bonds is 3. The topological polar surface area (TPSA) is 35.2 Å². The van der Waals surface area contributed by atoms with Gasteiger partial charge in [-0.15, -0.1) is 0 Å². The number of benzene rings is 2. The molecule has 94 valence electrons. The zero-order valence-electron chi connectivity index (χ0n) is 9.91.